The van der Waals surface area contributed by atoms with Crippen LogP contribution in [0.3, 0.4) is 0 Å². The molecule has 8 nitrogen and oxygen atoms in total. The summed E-state index contributed by atoms with van der Waals surface area (Å²) >= 11 is 2.97. The first-order chi connectivity index (χ1) is 13.1. The van der Waals surface area contributed by atoms with Gasteiger partial charge in [-0.1, -0.05) is 13.8 Å². The first-order valence-corrected chi connectivity index (χ1v) is 9.80. The van der Waals surface area contributed by atoms with E-state index in [9.17, 15) is 28.8 Å². The van der Waals surface area contributed by atoms with Crippen molar-refractivity contribution in [1.82, 2.24) is 9.80 Å². The highest BCUT2D eigenvalue weighted by atomic mass is 79.9. The van der Waals surface area contributed by atoms with Crippen LogP contribution < -0.4 is 0 Å². The number of imide groups is 2. The number of ketones is 2. The van der Waals surface area contributed by atoms with Gasteiger partial charge in [0.25, 0.3) is 23.6 Å². The van der Waals surface area contributed by atoms with Crippen molar-refractivity contribution in [2.45, 2.75) is 58.5 Å². The maximum absolute atomic E-state index is 12.9. The number of amides is 4. The number of halogens is 1. The van der Waals surface area contributed by atoms with Gasteiger partial charge < -0.3 is 0 Å². The Kier molecular flexibility index (Phi) is 6.82. The van der Waals surface area contributed by atoms with Gasteiger partial charge in [0.2, 0.25) is 0 Å². The summed E-state index contributed by atoms with van der Waals surface area (Å²) in [5.74, 6) is -4.11. The van der Waals surface area contributed by atoms with E-state index >= 15 is 0 Å². The van der Waals surface area contributed by atoms with Crippen LogP contribution in [0.15, 0.2) is 22.2 Å². The summed E-state index contributed by atoms with van der Waals surface area (Å²) < 4.78 is -0.0538. The molecule has 0 saturated carbocycles. The van der Waals surface area contributed by atoms with Crippen molar-refractivity contribution in [3.63, 3.8) is 0 Å². The number of hydrogen-bond acceptors (Lipinski definition) is 6. The highest BCUT2D eigenvalue weighted by Gasteiger charge is 2.50. The van der Waals surface area contributed by atoms with Crippen LogP contribution in [0.2, 0.25) is 0 Å². The Bertz CT molecular complexity index is 760. The molecule has 0 aliphatic carbocycles. The van der Waals surface area contributed by atoms with E-state index in [2.05, 4.69) is 15.9 Å². The molecular formula is C19H21BrN2O6. The van der Waals surface area contributed by atoms with Crippen LogP contribution in [-0.2, 0) is 28.8 Å². The highest BCUT2D eigenvalue weighted by Crippen LogP contribution is 2.28. The van der Waals surface area contributed by atoms with Gasteiger partial charge in [-0.25, -0.2) is 0 Å². The van der Waals surface area contributed by atoms with Gasteiger partial charge in [0, 0.05) is 30.6 Å². The predicted octanol–water partition coefficient (Wildman–Crippen LogP) is 1.42. The summed E-state index contributed by atoms with van der Waals surface area (Å²) in [5, 5.41) is 0. The maximum Gasteiger partial charge on any atom is 0.268 e. The normalized spacial score (nSPS) is 19.1. The lowest BCUT2D eigenvalue weighted by Gasteiger charge is -2.36. The molecule has 9 heteroatoms. The number of carbonyl (C=O) groups is 6. The molecule has 0 spiro atoms. The van der Waals surface area contributed by atoms with Gasteiger partial charge >= 0.3 is 0 Å². The average Bonchev–Trinajstić information content (AvgIpc) is 3.01. The third-order valence-electron chi connectivity index (χ3n) is 4.55. The Morgan fingerprint density at radius 3 is 1.61 bits per heavy atom. The van der Waals surface area contributed by atoms with Gasteiger partial charge in [-0.15, -0.1) is 0 Å². The minimum absolute atomic E-state index is 0.0124. The smallest absolute Gasteiger partial charge is 0.268 e. The van der Waals surface area contributed by atoms with Crippen LogP contribution in [0.5, 0.6) is 0 Å². The quantitative estimate of drug-likeness (QED) is 0.489. The number of rotatable bonds is 9. The van der Waals surface area contributed by atoms with E-state index in [0.29, 0.717) is 22.6 Å². The summed E-state index contributed by atoms with van der Waals surface area (Å²) in [5.41, 5.74) is 0.124. The number of hydrogen-bond donors (Lipinski definition) is 0. The summed E-state index contributed by atoms with van der Waals surface area (Å²) in [6.45, 7) is 4.89. The molecule has 0 N–H and O–H groups in total. The molecule has 0 radical (unpaired) electrons. The fourth-order valence-electron chi connectivity index (χ4n) is 3.30. The molecule has 0 aromatic carbocycles. The third-order valence-corrected chi connectivity index (χ3v) is 5.12. The minimum atomic E-state index is -1.56. The van der Waals surface area contributed by atoms with Gasteiger partial charge in [0.15, 0.2) is 11.6 Å². The zero-order valence-electron chi connectivity index (χ0n) is 15.9. The molecule has 0 aromatic rings. The second-order valence-corrected chi connectivity index (χ2v) is 7.52. The van der Waals surface area contributed by atoms with Crippen LogP contribution >= 0.6 is 15.9 Å². The fraction of sp³-hybridized carbons (Fsp3) is 0.474. The molecule has 2 heterocycles. The Balaban J connectivity index is 2.59. The lowest BCUT2D eigenvalue weighted by molar-refractivity contribution is -0.156. The van der Waals surface area contributed by atoms with E-state index in [-0.39, 0.29) is 22.9 Å². The Labute approximate surface area is 170 Å². The van der Waals surface area contributed by atoms with Crippen molar-refractivity contribution in [3.8, 4) is 0 Å². The Morgan fingerprint density at radius 2 is 1.29 bits per heavy atom. The summed E-state index contributed by atoms with van der Waals surface area (Å²) in [4.78, 5) is 77.1. The van der Waals surface area contributed by atoms with E-state index in [0.717, 1.165) is 12.2 Å². The largest absolute Gasteiger partial charge is 0.297 e. The third kappa shape index (κ3) is 3.89. The lowest BCUT2D eigenvalue weighted by atomic mass is 9.92. The van der Waals surface area contributed by atoms with Crippen molar-refractivity contribution in [2.75, 3.05) is 0 Å². The minimum Gasteiger partial charge on any atom is -0.297 e. The van der Waals surface area contributed by atoms with Crippen LogP contribution in [0, 0.1) is 0 Å². The molecule has 4 amide bonds. The monoisotopic (exact) mass is 452 g/mol. The number of carbonyl (C=O) groups excluding carboxylic acids is 6. The average molecular weight is 453 g/mol. The number of Topliss-reactive ketones (excluding diaryl/α,β-unsaturated/α-hetero) is 2. The maximum atomic E-state index is 12.9. The lowest BCUT2D eigenvalue weighted by Crippen LogP contribution is -2.62. The molecule has 0 bridgehead atoms. The summed E-state index contributed by atoms with van der Waals surface area (Å²) in [7, 11) is 0. The van der Waals surface area contributed by atoms with Crippen molar-refractivity contribution in [1.29, 1.82) is 0 Å². The van der Waals surface area contributed by atoms with E-state index < -0.39 is 47.3 Å². The molecule has 2 aliphatic heterocycles. The Morgan fingerprint density at radius 1 is 0.857 bits per heavy atom. The van der Waals surface area contributed by atoms with E-state index in [1.165, 1.54) is 6.92 Å². The van der Waals surface area contributed by atoms with E-state index in [1.807, 2.05) is 0 Å². The summed E-state index contributed by atoms with van der Waals surface area (Å²) in [6, 6.07) is -3.11. The second-order valence-electron chi connectivity index (χ2n) is 6.67. The van der Waals surface area contributed by atoms with Crippen LogP contribution in [0.4, 0.5) is 0 Å². The zero-order valence-corrected chi connectivity index (χ0v) is 17.4. The predicted molar refractivity (Wildman–Crippen MR) is 102 cm³/mol. The first kappa shape index (κ1) is 21.9. The fourth-order valence-corrected chi connectivity index (χ4v) is 3.69. The SMILES string of the molecule is CCCC(=O)C(C(C(=O)CCC)N1C(=O)C=C(Br)C1=O)N1C(=O)C=C(C)C1=O. The molecule has 2 rings (SSSR count). The van der Waals surface area contributed by atoms with Gasteiger partial charge in [-0.2, -0.15) is 0 Å². The van der Waals surface area contributed by atoms with Crippen molar-refractivity contribution in [2.24, 2.45) is 0 Å². The van der Waals surface area contributed by atoms with Crippen molar-refractivity contribution in [3.05, 3.63) is 22.2 Å². The topological polar surface area (TPSA) is 109 Å². The van der Waals surface area contributed by atoms with Crippen molar-refractivity contribution >= 4 is 51.1 Å². The van der Waals surface area contributed by atoms with Gasteiger partial charge in [-0.05, 0) is 35.7 Å². The molecule has 28 heavy (non-hydrogen) atoms. The van der Waals surface area contributed by atoms with Crippen molar-refractivity contribution < 1.29 is 28.8 Å². The molecule has 0 aromatic heterocycles. The molecule has 2 atom stereocenters. The van der Waals surface area contributed by atoms with Gasteiger partial charge in [0.1, 0.15) is 12.1 Å². The van der Waals surface area contributed by atoms with Gasteiger partial charge in [-0.3, -0.25) is 38.6 Å². The van der Waals surface area contributed by atoms with Crippen LogP contribution in [0.25, 0.3) is 0 Å². The van der Waals surface area contributed by atoms with Gasteiger partial charge in [0.05, 0.1) is 4.48 Å². The standard InChI is InChI=1S/C19H21BrN2O6/c1-4-6-12(23)16(21-14(25)8-10(3)18(21)27)17(13(24)7-5-2)22-15(26)9-11(20)19(22)28/h8-9,16-17H,4-7H2,1-3H3. The van der Waals surface area contributed by atoms with E-state index in [4.69, 9.17) is 0 Å². The zero-order chi connectivity index (χ0) is 21.2. The molecule has 0 saturated heterocycles. The molecule has 150 valence electrons. The Hall–Kier alpha value is -2.42. The second kappa shape index (κ2) is 8.72. The molecule has 2 aliphatic rings. The molecule has 2 unspecified atom stereocenters. The number of nitrogens with zero attached hydrogens (tertiary/aromatic N) is 2. The van der Waals surface area contributed by atoms with Crippen LogP contribution in [0.1, 0.15) is 46.5 Å². The highest BCUT2D eigenvalue weighted by molar-refractivity contribution is 9.12. The van der Waals surface area contributed by atoms with E-state index in [1.54, 1.807) is 13.8 Å². The summed E-state index contributed by atoms with van der Waals surface area (Å²) in [6.07, 6.45) is 2.88. The molecular weight excluding hydrogens is 432 g/mol. The van der Waals surface area contributed by atoms with Crippen LogP contribution in [-0.4, -0.2) is 57.1 Å². The molecule has 0 fully saturated rings. The first-order valence-electron chi connectivity index (χ1n) is 9.01.